The van der Waals surface area contributed by atoms with Crippen molar-refractivity contribution in [1.29, 1.82) is 0 Å². The summed E-state index contributed by atoms with van der Waals surface area (Å²) >= 11 is 0. The fourth-order valence-corrected chi connectivity index (χ4v) is 3.10. The Labute approximate surface area is 118 Å². The van der Waals surface area contributed by atoms with Crippen molar-refractivity contribution in [1.82, 2.24) is 9.55 Å². The molecule has 20 heavy (non-hydrogen) atoms. The molecule has 0 amide bonds. The minimum absolute atomic E-state index is 0.201. The first-order valence-corrected chi connectivity index (χ1v) is 7.27. The standard InChI is InChI=1S/C14H24N4O2/c1-8(2)9-6-4-5-7-10(9)16-11-12(15)18(3)14(20)17-13(11)19/h8-10,16H,4-7,15H2,1-3H3,(H,17,19,20). The summed E-state index contributed by atoms with van der Waals surface area (Å²) < 4.78 is 1.26. The second-order valence-corrected chi connectivity index (χ2v) is 6.02. The summed E-state index contributed by atoms with van der Waals surface area (Å²) in [6.07, 6.45) is 4.59. The molecule has 0 aliphatic heterocycles. The molecule has 1 aromatic rings. The number of hydrogen-bond acceptors (Lipinski definition) is 4. The molecule has 6 heteroatoms. The van der Waals surface area contributed by atoms with E-state index in [0.717, 1.165) is 12.8 Å². The fourth-order valence-electron chi connectivity index (χ4n) is 3.10. The van der Waals surface area contributed by atoms with Gasteiger partial charge in [0, 0.05) is 13.1 Å². The van der Waals surface area contributed by atoms with Crippen LogP contribution in [0.5, 0.6) is 0 Å². The van der Waals surface area contributed by atoms with Gasteiger partial charge < -0.3 is 11.1 Å². The largest absolute Gasteiger partial charge is 0.383 e. The van der Waals surface area contributed by atoms with Crippen LogP contribution in [0.3, 0.4) is 0 Å². The van der Waals surface area contributed by atoms with Crippen molar-refractivity contribution in [3.8, 4) is 0 Å². The summed E-state index contributed by atoms with van der Waals surface area (Å²) in [5.41, 5.74) is 5.31. The first-order valence-electron chi connectivity index (χ1n) is 7.27. The maximum Gasteiger partial charge on any atom is 0.329 e. The summed E-state index contributed by atoms with van der Waals surface area (Å²) in [7, 11) is 1.56. The second-order valence-electron chi connectivity index (χ2n) is 6.02. The molecular formula is C14H24N4O2. The SMILES string of the molecule is CC(C)C1CCCCC1Nc1c(N)n(C)c(=O)[nH]c1=O. The molecular weight excluding hydrogens is 256 g/mol. The molecule has 0 saturated heterocycles. The number of aromatic nitrogens is 2. The quantitative estimate of drug-likeness (QED) is 0.777. The van der Waals surface area contributed by atoms with E-state index in [0.29, 0.717) is 17.5 Å². The number of nitrogens with zero attached hydrogens (tertiary/aromatic N) is 1. The Morgan fingerprint density at radius 3 is 2.60 bits per heavy atom. The molecule has 112 valence electrons. The van der Waals surface area contributed by atoms with Crippen LogP contribution in [-0.2, 0) is 7.05 Å². The van der Waals surface area contributed by atoms with Gasteiger partial charge in [-0.05, 0) is 24.7 Å². The molecule has 2 unspecified atom stereocenters. The van der Waals surface area contributed by atoms with Crippen LogP contribution in [0.2, 0.25) is 0 Å². The Morgan fingerprint density at radius 2 is 1.95 bits per heavy atom. The highest BCUT2D eigenvalue weighted by Gasteiger charge is 2.28. The summed E-state index contributed by atoms with van der Waals surface area (Å²) in [5, 5.41) is 3.29. The third kappa shape index (κ3) is 2.73. The molecule has 0 aromatic carbocycles. The third-order valence-corrected chi connectivity index (χ3v) is 4.38. The van der Waals surface area contributed by atoms with Crippen LogP contribution < -0.4 is 22.3 Å². The topological polar surface area (TPSA) is 92.9 Å². The minimum Gasteiger partial charge on any atom is -0.383 e. The zero-order chi connectivity index (χ0) is 14.9. The van der Waals surface area contributed by atoms with Crippen molar-refractivity contribution in [2.75, 3.05) is 11.1 Å². The summed E-state index contributed by atoms with van der Waals surface area (Å²) in [5.74, 6) is 1.28. The zero-order valence-corrected chi connectivity index (χ0v) is 12.4. The van der Waals surface area contributed by atoms with Gasteiger partial charge in [-0.1, -0.05) is 26.7 Å². The normalized spacial score (nSPS) is 23.0. The number of nitrogen functional groups attached to an aromatic ring is 1. The smallest absolute Gasteiger partial charge is 0.329 e. The van der Waals surface area contributed by atoms with Gasteiger partial charge in [-0.3, -0.25) is 14.3 Å². The van der Waals surface area contributed by atoms with Crippen LogP contribution in [0.1, 0.15) is 39.5 Å². The maximum absolute atomic E-state index is 12.0. The molecule has 1 saturated carbocycles. The minimum atomic E-state index is -0.484. The lowest BCUT2D eigenvalue weighted by molar-refractivity contribution is 0.253. The van der Waals surface area contributed by atoms with Gasteiger partial charge in [0.1, 0.15) is 11.5 Å². The Balaban J connectivity index is 2.32. The monoisotopic (exact) mass is 280 g/mol. The van der Waals surface area contributed by atoms with E-state index in [2.05, 4.69) is 24.1 Å². The zero-order valence-electron chi connectivity index (χ0n) is 12.4. The molecule has 1 aliphatic carbocycles. The Morgan fingerprint density at radius 1 is 1.30 bits per heavy atom. The van der Waals surface area contributed by atoms with Crippen LogP contribution in [-0.4, -0.2) is 15.6 Å². The average Bonchev–Trinajstić information content (AvgIpc) is 2.41. The van der Waals surface area contributed by atoms with E-state index in [1.165, 1.54) is 17.4 Å². The molecule has 0 radical (unpaired) electrons. The third-order valence-electron chi connectivity index (χ3n) is 4.38. The number of anilines is 2. The van der Waals surface area contributed by atoms with Gasteiger partial charge >= 0.3 is 5.69 Å². The summed E-state index contributed by atoms with van der Waals surface area (Å²) in [6, 6.07) is 0.240. The van der Waals surface area contributed by atoms with E-state index in [4.69, 9.17) is 5.73 Å². The Kier molecular flexibility index (Phi) is 4.20. The molecule has 6 nitrogen and oxygen atoms in total. The van der Waals surface area contributed by atoms with E-state index >= 15 is 0 Å². The molecule has 2 rings (SSSR count). The van der Waals surface area contributed by atoms with E-state index < -0.39 is 11.2 Å². The van der Waals surface area contributed by atoms with Crippen molar-refractivity contribution in [2.24, 2.45) is 18.9 Å². The van der Waals surface area contributed by atoms with Gasteiger partial charge in [-0.25, -0.2) is 4.79 Å². The highest BCUT2D eigenvalue weighted by Crippen LogP contribution is 2.32. The summed E-state index contributed by atoms with van der Waals surface area (Å²) in [6.45, 7) is 4.41. The first-order chi connectivity index (χ1) is 9.41. The molecule has 1 aromatic heterocycles. The van der Waals surface area contributed by atoms with Crippen molar-refractivity contribution >= 4 is 11.5 Å². The molecule has 0 spiro atoms. The van der Waals surface area contributed by atoms with E-state index in [1.54, 1.807) is 7.05 Å². The molecule has 1 aliphatic rings. The number of H-pyrrole nitrogens is 1. The average molecular weight is 280 g/mol. The lowest BCUT2D eigenvalue weighted by atomic mass is 9.78. The van der Waals surface area contributed by atoms with Gasteiger partial charge in [-0.2, -0.15) is 0 Å². The lowest BCUT2D eigenvalue weighted by Gasteiger charge is -2.35. The van der Waals surface area contributed by atoms with E-state index in [9.17, 15) is 9.59 Å². The number of nitrogens with one attached hydrogen (secondary N) is 2. The van der Waals surface area contributed by atoms with Gasteiger partial charge in [0.25, 0.3) is 5.56 Å². The fraction of sp³-hybridized carbons (Fsp3) is 0.714. The maximum atomic E-state index is 12.0. The van der Waals surface area contributed by atoms with Crippen molar-refractivity contribution in [2.45, 2.75) is 45.6 Å². The van der Waals surface area contributed by atoms with Gasteiger partial charge in [-0.15, -0.1) is 0 Å². The number of aromatic amines is 1. The summed E-state index contributed by atoms with van der Waals surface area (Å²) in [4.78, 5) is 25.7. The Bertz CT molecular complexity index is 588. The molecule has 1 heterocycles. The lowest BCUT2D eigenvalue weighted by Crippen LogP contribution is -2.39. The second kappa shape index (κ2) is 5.73. The highest BCUT2D eigenvalue weighted by molar-refractivity contribution is 5.60. The van der Waals surface area contributed by atoms with Crippen molar-refractivity contribution in [3.63, 3.8) is 0 Å². The number of rotatable bonds is 3. The van der Waals surface area contributed by atoms with Gasteiger partial charge in [0.15, 0.2) is 0 Å². The number of hydrogen-bond donors (Lipinski definition) is 3. The van der Waals surface area contributed by atoms with Crippen LogP contribution in [0, 0.1) is 11.8 Å². The van der Waals surface area contributed by atoms with Gasteiger partial charge in [0.05, 0.1) is 0 Å². The first kappa shape index (κ1) is 14.7. The molecule has 4 N–H and O–H groups in total. The molecule has 0 bridgehead atoms. The highest BCUT2D eigenvalue weighted by atomic mass is 16.2. The predicted octanol–water partition coefficient (Wildman–Crippen LogP) is 1.28. The Hall–Kier alpha value is -1.72. The van der Waals surface area contributed by atoms with Crippen molar-refractivity contribution in [3.05, 3.63) is 20.8 Å². The van der Waals surface area contributed by atoms with Gasteiger partial charge in [0.2, 0.25) is 0 Å². The molecule has 2 atom stereocenters. The van der Waals surface area contributed by atoms with Crippen LogP contribution in [0.15, 0.2) is 9.59 Å². The van der Waals surface area contributed by atoms with Crippen molar-refractivity contribution < 1.29 is 0 Å². The number of nitrogens with two attached hydrogens (primary N) is 1. The van der Waals surface area contributed by atoms with E-state index in [1.807, 2.05) is 0 Å². The predicted molar refractivity (Wildman–Crippen MR) is 80.9 cm³/mol. The van der Waals surface area contributed by atoms with E-state index in [-0.39, 0.29) is 11.9 Å². The van der Waals surface area contributed by atoms with Crippen LogP contribution >= 0.6 is 0 Å². The molecule has 1 fully saturated rings. The van der Waals surface area contributed by atoms with Crippen LogP contribution in [0.25, 0.3) is 0 Å². The van der Waals surface area contributed by atoms with Crippen LogP contribution in [0.4, 0.5) is 11.5 Å².